The Hall–Kier alpha value is -2.04. The number of primary sulfonamides is 1. The standard InChI is InChI=1S/C19H18N2O4S3/c20-27(22,23)15-7-4-8-16(13-15)28(24,25)21-11-9-18-17(10-12-26-18)19(21)14-5-2-1-3-6-14/h1-8,10,12-13,19H,9,11H2,(H2,20,22,23)/t19-/m0/s1. The summed E-state index contributed by atoms with van der Waals surface area (Å²) in [5.74, 6) is 0. The number of benzene rings is 2. The second-order valence-corrected chi connectivity index (χ2v) is 11.0. The molecule has 4 rings (SSSR count). The molecule has 9 heteroatoms. The molecule has 0 radical (unpaired) electrons. The van der Waals surface area contributed by atoms with Gasteiger partial charge in [-0.1, -0.05) is 36.4 Å². The summed E-state index contributed by atoms with van der Waals surface area (Å²) in [5.41, 5.74) is 1.83. The fourth-order valence-corrected chi connectivity index (χ4v) is 6.66. The molecule has 3 aromatic rings. The monoisotopic (exact) mass is 434 g/mol. The first-order valence-corrected chi connectivity index (χ1v) is 12.4. The van der Waals surface area contributed by atoms with Crippen LogP contribution in [0.2, 0.25) is 0 Å². The molecule has 1 aromatic heterocycles. The summed E-state index contributed by atoms with van der Waals surface area (Å²) in [4.78, 5) is 0.857. The lowest BCUT2D eigenvalue weighted by atomic mass is 9.95. The molecule has 2 heterocycles. The molecule has 1 aliphatic heterocycles. The fraction of sp³-hybridized carbons (Fsp3) is 0.158. The van der Waals surface area contributed by atoms with Crippen LogP contribution in [0.3, 0.4) is 0 Å². The zero-order chi connectivity index (χ0) is 19.9. The molecule has 0 saturated heterocycles. The van der Waals surface area contributed by atoms with Gasteiger partial charge in [-0.25, -0.2) is 22.0 Å². The number of nitrogens with two attached hydrogens (primary N) is 1. The molecule has 0 saturated carbocycles. The van der Waals surface area contributed by atoms with Crippen LogP contribution in [0.25, 0.3) is 0 Å². The van der Waals surface area contributed by atoms with Crippen molar-refractivity contribution in [3.05, 3.63) is 82.0 Å². The molecular formula is C19H18N2O4S3. The van der Waals surface area contributed by atoms with Gasteiger partial charge in [0.05, 0.1) is 15.8 Å². The van der Waals surface area contributed by atoms with Crippen molar-refractivity contribution in [2.45, 2.75) is 22.3 Å². The van der Waals surface area contributed by atoms with E-state index in [1.165, 1.54) is 27.4 Å². The Labute approximate surface area is 168 Å². The quantitative estimate of drug-likeness (QED) is 0.683. The van der Waals surface area contributed by atoms with Crippen LogP contribution >= 0.6 is 11.3 Å². The van der Waals surface area contributed by atoms with Crippen molar-refractivity contribution in [3.63, 3.8) is 0 Å². The number of rotatable bonds is 4. The predicted molar refractivity (Wildman–Crippen MR) is 108 cm³/mol. The first kappa shape index (κ1) is 19.3. The second kappa shape index (κ2) is 7.09. The highest BCUT2D eigenvalue weighted by Crippen LogP contribution is 2.40. The van der Waals surface area contributed by atoms with E-state index in [0.717, 1.165) is 17.2 Å². The van der Waals surface area contributed by atoms with Crippen molar-refractivity contribution in [2.24, 2.45) is 5.14 Å². The van der Waals surface area contributed by atoms with E-state index in [1.54, 1.807) is 11.3 Å². The third kappa shape index (κ3) is 3.40. The zero-order valence-corrected chi connectivity index (χ0v) is 17.2. The normalized spacial score (nSPS) is 18.0. The van der Waals surface area contributed by atoms with Gasteiger partial charge in [-0.15, -0.1) is 11.3 Å². The van der Waals surface area contributed by atoms with Crippen LogP contribution in [0, 0.1) is 0 Å². The van der Waals surface area contributed by atoms with Gasteiger partial charge in [0.1, 0.15) is 0 Å². The van der Waals surface area contributed by atoms with Gasteiger partial charge in [0.2, 0.25) is 20.0 Å². The lowest BCUT2D eigenvalue weighted by molar-refractivity contribution is 0.347. The summed E-state index contributed by atoms with van der Waals surface area (Å²) < 4.78 is 51.7. The van der Waals surface area contributed by atoms with Crippen molar-refractivity contribution in [3.8, 4) is 0 Å². The molecule has 2 N–H and O–H groups in total. The second-order valence-electron chi connectivity index (χ2n) is 6.50. The Bertz CT molecular complexity index is 1220. The number of fused-ring (bicyclic) bond motifs is 1. The molecule has 1 atom stereocenters. The van der Waals surface area contributed by atoms with E-state index in [4.69, 9.17) is 5.14 Å². The van der Waals surface area contributed by atoms with Crippen LogP contribution in [0.5, 0.6) is 0 Å². The van der Waals surface area contributed by atoms with Crippen molar-refractivity contribution in [1.82, 2.24) is 4.31 Å². The SMILES string of the molecule is NS(=O)(=O)c1cccc(S(=O)(=O)N2CCc3sccc3[C@@H]2c2ccccc2)c1. The van der Waals surface area contributed by atoms with Gasteiger partial charge >= 0.3 is 0 Å². The lowest BCUT2D eigenvalue weighted by Gasteiger charge is -2.35. The van der Waals surface area contributed by atoms with E-state index >= 15 is 0 Å². The Morgan fingerprint density at radius 3 is 2.36 bits per heavy atom. The summed E-state index contributed by atoms with van der Waals surface area (Å²) in [6.07, 6.45) is 0.616. The largest absolute Gasteiger partial charge is 0.243 e. The Morgan fingerprint density at radius 1 is 0.929 bits per heavy atom. The van der Waals surface area contributed by atoms with Gasteiger partial charge < -0.3 is 0 Å². The lowest BCUT2D eigenvalue weighted by Crippen LogP contribution is -2.40. The first-order valence-electron chi connectivity index (χ1n) is 8.54. The molecular weight excluding hydrogens is 416 g/mol. The molecule has 6 nitrogen and oxygen atoms in total. The molecule has 0 amide bonds. The van der Waals surface area contributed by atoms with Gasteiger partial charge in [-0.05, 0) is 47.2 Å². The van der Waals surface area contributed by atoms with Gasteiger partial charge in [0.15, 0.2) is 0 Å². The maximum Gasteiger partial charge on any atom is 0.243 e. The molecule has 0 bridgehead atoms. The molecule has 28 heavy (non-hydrogen) atoms. The Balaban J connectivity index is 1.85. The van der Waals surface area contributed by atoms with E-state index in [0.29, 0.717) is 13.0 Å². The third-order valence-electron chi connectivity index (χ3n) is 4.78. The molecule has 0 spiro atoms. The highest BCUT2D eigenvalue weighted by atomic mass is 32.2. The average Bonchev–Trinajstić information content (AvgIpc) is 3.16. The van der Waals surface area contributed by atoms with Crippen LogP contribution in [-0.2, 0) is 26.5 Å². The van der Waals surface area contributed by atoms with E-state index in [-0.39, 0.29) is 9.79 Å². The predicted octanol–water partition coefficient (Wildman–Crippen LogP) is 2.73. The maximum absolute atomic E-state index is 13.5. The number of sulfonamides is 2. The van der Waals surface area contributed by atoms with E-state index in [1.807, 2.05) is 41.8 Å². The Morgan fingerprint density at radius 2 is 1.64 bits per heavy atom. The zero-order valence-electron chi connectivity index (χ0n) is 14.7. The maximum atomic E-state index is 13.5. The topological polar surface area (TPSA) is 97.5 Å². The molecule has 0 aliphatic carbocycles. The molecule has 146 valence electrons. The van der Waals surface area contributed by atoms with Gasteiger partial charge in [-0.2, -0.15) is 4.31 Å². The highest BCUT2D eigenvalue weighted by molar-refractivity contribution is 7.90. The van der Waals surface area contributed by atoms with Crippen molar-refractivity contribution in [2.75, 3.05) is 6.54 Å². The number of hydrogen-bond donors (Lipinski definition) is 1. The van der Waals surface area contributed by atoms with Crippen LogP contribution < -0.4 is 5.14 Å². The Kier molecular flexibility index (Phi) is 4.88. The van der Waals surface area contributed by atoms with Crippen LogP contribution in [-0.4, -0.2) is 27.7 Å². The highest BCUT2D eigenvalue weighted by Gasteiger charge is 2.38. The van der Waals surface area contributed by atoms with E-state index in [9.17, 15) is 16.8 Å². The molecule has 1 aliphatic rings. The minimum atomic E-state index is -4.00. The van der Waals surface area contributed by atoms with Gasteiger partial charge in [-0.3, -0.25) is 0 Å². The first-order chi connectivity index (χ1) is 13.3. The summed E-state index contributed by atoms with van der Waals surface area (Å²) in [5, 5.41) is 7.15. The number of nitrogens with zero attached hydrogens (tertiary/aromatic N) is 1. The smallest absolute Gasteiger partial charge is 0.225 e. The van der Waals surface area contributed by atoms with Crippen LogP contribution in [0.4, 0.5) is 0 Å². The molecule has 0 unspecified atom stereocenters. The third-order valence-corrected chi connectivity index (χ3v) is 8.55. The molecule has 2 aromatic carbocycles. The van der Waals surface area contributed by atoms with Gasteiger partial charge in [0.25, 0.3) is 0 Å². The van der Waals surface area contributed by atoms with Gasteiger partial charge in [0, 0.05) is 11.4 Å². The fourth-order valence-electron chi connectivity index (χ4n) is 3.48. The van der Waals surface area contributed by atoms with Crippen LogP contribution in [0.1, 0.15) is 22.0 Å². The van der Waals surface area contributed by atoms with Crippen molar-refractivity contribution >= 4 is 31.4 Å². The summed E-state index contributed by atoms with van der Waals surface area (Å²) in [6, 6.07) is 16.1. The van der Waals surface area contributed by atoms with Crippen LogP contribution in [0.15, 0.2) is 75.8 Å². The number of thiophene rings is 1. The number of hydrogen-bond acceptors (Lipinski definition) is 5. The minimum Gasteiger partial charge on any atom is -0.225 e. The molecule has 0 fully saturated rings. The minimum absolute atomic E-state index is 0.0846. The summed E-state index contributed by atoms with van der Waals surface area (Å²) in [7, 11) is -7.95. The summed E-state index contributed by atoms with van der Waals surface area (Å²) >= 11 is 1.62. The average molecular weight is 435 g/mol. The van der Waals surface area contributed by atoms with Crippen molar-refractivity contribution in [1.29, 1.82) is 0 Å². The summed E-state index contributed by atoms with van der Waals surface area (Å²) in [6.45, 7) is 0.314. The van der Waals surface area contributed by atoms with E-state index in [2.05, 4.69) is 0 Å². The van der Waals surface area contributed by atoms with Crippen molar-refractivity contribution < 1.29 is 16.8 Å². The van der Waals surface area contributed by atoms with E-state index < -0.39 is 26.1 Å².